The van der Waals surface area contributed by atoms with Crippen LogP contribution in [0.1, 0.15) is 22.6 Å². The van der Waals surface area contributed by atoms with Gasteiger partial charge in [-0.15, -0.1) is 0 Å². The summed E-state index contributed by atoms with van der Waals surface area (Å²) in [4.78, 5) is 0. The molecule has 1 unspecified atom stereocenters. The Morgan fingerprint density at radius 1 is 0.519 bits per heavy atom. The number of benzene rings is 4. The first kappa shape index (κ1) is 15.7. The fourth-order valence-corrected chi connectivity index (χ4v) is 4.06. The molecule has 2 N–H and O–H groups in total. The molecule has 0 saturated carbocycles. The Labute approximate surface area is 158 Å². The van der Waals surface area contributed by atoms with E-state index in [1.807, 2.05) is 24.3 Å². The monoisotopic (exact) mass is 350 g/mol. The molecular weight excluding hydrogens is 332 g/mol. The number of fused-ring (bicyclic) bond motifs is 3. The van der Waals surface area contributed by atoms with Gasteiger partial charge >= 0.3 is 0 Å². The van der Waals surface area contributed by atoms with Gasteiger partial charge in [-0.2, -0.15) is 0 Å². The Balaban J connectivity index is 1.68. The topological polar surface area (TPSA) is 40.5 Å². The highest BCUT2D eigenvalue weighted by Crippen LogP contribution is 2.49. The summed E-state index contributed by atoms with van der Waals surface area (Å²) in [5, 5.41) is 19.2. The lowest BCUT2D eigenvalue weighted by Crippen LogP contribution is -1.98. The SMILES string of the molecule is Oc1ccc(-c2ccc3c(c2)-c2ccccc2C3c2ccc(O)cc2)cc1. The van der Waals surface area contributed by atoms with E-state index in [1.54, 1.807) is 24.3 Å². The van der Waals surface area contributed by atoms with Crippen LogP contribution < -0.4 is 0 Å². The molecule has 0 heterocycles. The van der Waals surface area contributed by atoms with E-state index in [1.165, 1.54) is 27.8 Å². The van der Waals surface area contributed by atoms with Crippen LogP contribution in [-0.2, 0) is 0 Å². The molecular formula is C25H18O2. The lowest BCUT2D eigenvalue weighted by Gasteiger charge is -2.15. The summed E-state index contributed by atoms with van der Waals surface area (Å²) in [5.74, 6) is 0.733. The van der Waals surface area contributed by atoms with Crippen LogP contribution in [0.5, 0.6) is 11.5 Å². The maximum atomic E-state index is 9.65. The Morgan fingerprint density at radius 2 is 1.11 bits per heavy atom. The highest BCUT2D eigenvalue weighted by molar-refractivity contribution is 5.84. The average Bonchev–Trinajstić information content (AvgIpc) is 3.03. The van der Waals surface area contributed by atoms with Gasteiger partial charge in [-0.05, 0) is 69.3 Å². The molecule has 0 amide bonds. The zero-order valence-corrected chi connectivity index (χ0v) is 14.6. The number of aromatic hydroxyl groups is 2. The van der Waals surface area contributed by atoms with Gasteiger partial charge in [0.25, 0.3) is 0 Å². The number of hydrogen-bond donors (Lipinski definition) is 2. The van der Waals surface area contributed by atoms with Crippen LogP contribution in [0.4, 0.5) is 0 Å². The van der Waals surface area contributed by atoms with E-state index < -0.39 is 0 Å². The fraction of sp³-hybridized carbons (Fsp3) is 0.0400. The minimum absolute atomic E-state index is 0.172. The van der Waals surface area contributed by atoms with Crippen LogP contribution in [0.25, 0.3) is 22.3 Å². The molecule has 0 fully saturated rings. The normalized spacial score (nSPS) is 14.6. The largest absolute Gasteiger partial charge is 0.508 e. The highest BCUT2D eigenvalue weighted by atomic mass is 16.3. The second-order valence-electron chi connectivity index (χ2n) is 6.96. The van der Waals surface area contributed by atoms with Crippen molar-refractivity contribution in [3.63, 3.8) is 0 Å². The van der Waals surface area contributed by atoms with Crippen molar-refractivity contribution in [2.45, 2.75) is 5.92 Å². The predicted octanol–water partition coefficient (Wildman–Crippen LogP) is 5.93. The number of phenolic OH excluding ortho intramolecular Hbond substituents is 2. The molecule has 0 aliphatic heterocycles. The van der Waals surface area contributed by atoms with Gasteiger partial charge in [0, 0.05) is 5.92 Å². The predicted molar refractivity (Wildman–Crippen MR) is 108 cm³/mol. The van der Waals surface area contributed by atoms with Crippen molar-refractivity contribution in [3.8, 4) is 33.8 Å². The maximum Gasteiger partial charge on any atom is 0.115 e. The molecule has 130 valence electrons. The summed E-state index contributed by atoms with van der Waals surface area (Å²) in [6, 6.07) is 29.9. The summed E-state index contributed by atoms with van der Waals surface area (Å²) >= 11 is 0. The summed E-state index contributed by atoms with van der Waals surface area (Å²) in [5.41, 5.74) is 8.47. The van der Waals surface area contributed by atoms with Crippen molar-refractivity contribution >= 4 is 0 Å². The average molecular weight is 350 g/mol. The molecule has 4 aromatic rings. The van der Waals surface area contributed by atoms with Crippen LogP contribution in [0, 0.1) is 0 Å². The molecule has 0 saturated heterocycles. The fourth-order valence-electron chi connectivity index (χ4n) is 4.06. The van der Waals surface area contributed by atoms with Crippen LogP contribution in [0.2, 0.25) is 0 Å². The minimum atomic E-state index is 0.172. The van der Waals surface area contributed by atoms with Crippen LogP contribution >= 0.6 is 0 Å². The van der Waals surface area contributed by atoms with Crippen LogP contribution in [0.15, 0.2) is 91.0 Å². The molecule has 2 heteroatoms. The van der Waals surface area contributed by atoms with Gasteiger partial charge in [-0.25, -0.2) is 0 Å². The van der Waals surface area contributed by atoms with Crippen molar-refractivity contribution in [1.29, 1.82) is 0 Å². The second kappa shape index (κ2) is 6.03. The molecule has 2 nitrogen and oxygen atoms in total. The highest BCUT2D eigenvalue weighted by Gasteiger charge is 2.29. The summed E-state index contributed by atoms with van der Waals surface area (Å²) in [7, 11) is 0. The standard InChI is InChI=1S/C25H18O2/c26-19-10-5-16(6-11-19)18-9-14-23-24(15-18)21-3-1-2-4-22(21)25(23)17-7-12-20(27)13-8-17/h1-15,25-27H. The van der Waals surface area contributed by atoms with Gasteiger partial charge in [-0.1, -0.05) is 60.7 Å². The molecule has 1 aliphatic carbocycles. The molecule has 0 spiro atoms. The number of rotatable bonds is 2. The van der Waals surface area contributed by atoms with Gasteiger partial charge < -0.3 is 10.2 Å². The van der Waals surface area contributed by atoms with Crippen molar-refractivity contribution in [3.05, 3.63) is 108 Å². The van der Waals surface area contributed by atoms with Gasteiger partial charge in [-0.3, -0.25) is 0 Å². The summed E-state index contributed by atoms with van der Waals surface area (Å²) in [6.45, 7) is 0. The van der Waals surface area contributed by atoms with E-state index in [4.69, 9.17) is 0 Å². The van der Waals surface area contributed by atoms with E-state index in [2.05, 4.69) is 42.5 Å². The first-order chi connectivity index (χ1) is 13.2. The van der Waals surface area contributed by atoms with Crippen molar-refractivity contribution in [2.75, 3.05) is 0 Å². The first-order valence-electron chi connectivity index (χ1n) is 9.02. The molecule has 1 atom stereocenters. The van der Waals surface area contributed by atoms with Gasteiger partial charge in [0.05, 0.1) is 0 Å². The van der Waals surface area contributed by atoms with Crippen molar-refractivity contribution in [1.82, 2.24) is 0 Å². The van der Waals surface area contributed by atoms with Crippen LogP contribution in [0.3, 0.4) is 0 Å². The van der Waals surface area contributed by atoms with E-state index in [0.29, 0.717) is 0 Å². The first-order valence-corrected chi connectivity index (χ1v) is 9.02. The van der Waals surface area contributed by atoms with Gasteiger partial charge in [0.1, 0.15) is 11.5 Å². The van der Waals surface area contributed by atoms with E-state index in [0.717, 1.165) is 11.1 Å². The second-order valence-corrected chi connectivity index (χ2v) is 6.96. The molecule has 27 heavy (non-hydrogen) atoms. The molecule has 5 rings (SSSR count). The number of phenols is 2. The minimum Gasteiger partial charge on any atom is -0.508 e. The molecule has 4 aromatic carbocycles. The quantitative estimate of drug-likeness (QED) is 0.414. The number of hydrogen-bond acceptors (Lipinski definition) is 2. The van der Waals surface area contributed by atoms with Gasteiger partial charge in [0.2, 0.25) is 0 Å². The smallest absolute Gasteiger partial charge is 0.115 e. The molecule has 0 radical (unpaired) electrons. The van der Waals surface area contributed by atoms with E-state index in [9.17, 15) is 10.2 Å². The van der Waals surface area contributed by atoms with E-state index in [-0.39, 0.29) is 17.4 Å². The Bertz CT molecular complexity index is 1130. The van der Waals surface area contributed by atoms with Crippen molar-refractivity contribution in [2.24, 2.45) is 0 Å². The zero-order valence-electron chi connectivity index (χ0n) is 14.6. The van der Waals surface area contributed by atoms with Crippen LogP contribution in [-0.4, -0.2) is 10.2 Å². The molecule has 1 aliphatic rings. The third-order valence-corrected chi connectivity index (χ3v) is 5.35. The molecule has 0 bridgehead atoms. The Kier molecular flexibility index (Phi) is 3.51. The van der Waals surface area contributed by atoms with Crippen molar-refractivity contribution < 1.29 is 10.2 Å². The lowest BCUT2D eigenvalue weighted by molar-refractivity contribution is 0.474. The Morgan fingerprint density at radius 3 is 1.85 bits per heavy atom. The third-order valence-electron chi connectivity index (χ3n) is 5.35. The zero-order chi connectivity index (χ0) is 18.4. The van der Waals surface area contributed by atoms with E-state index >= 15 is 0 Å². The Hall–Kier alpha value is -3.52. The third kappa shape index (κ3) is 2.58. The maximum absolute atomic E-state index is 9.65. The summed E-state index contributed by atoms with van der Waals surface area (Å²) in [6.07, 6.45) is 0. The van der Waals surface area contributed by atoms with Gasteiger partial charge in [0.15, 0.2) is 0 Å². The molecule has 0 aromatic heterocycles. The summed E-state index contributed by atoms with van der Waals surface area (Å²) < 4.78 is 0. The lowest BCUT2D eigenvalue weighted by atomic mass is 9.89.